The van der Waals surface area contributed by atoms with Crippen molar-refractivity contribution in [1.29, 1.82) is 0 Å². The van der Waals surface area contributed by atoms with Gasteiger partial charge in [-0.25, -0.2) is 4.98 Å². The maximum atomic E-state index is 11.4. The second-order valence-corrected chi connectivity index (χ2v) is 7.19. The van der Waals surface area contributed by atoms with Crippen molar-refractivity contribution in [3.05, 3.63) is 52.0 Å². The van der Waals surface area contributed by atoms with Crippen LogP contribution in [0.4, 0.5) is 0 Å². The lowest BCUT2D eigenvalue weighted by atomic mass is 10.1. The lowest BCUT2D eigenvalue weighted by Crippen LogP contribution is -2.15. The number of hydrogen-bond donors (Lipinski definition) is 1. The van der Waals surface area contributed by atoms with Crippen LogP contribution in [0.2, 0.25) is 5.02 Å². The number of carbonyl (C=O) groups is 1. The Morgan fingerprint density at radius 2 is 2.08 bits per heavy atom. The van der Waals surface area contributed by atoms with Gasteiger partial charge in [0.1, 0.15) is 18.2 Å². The number of carboxylic acid groups (broad SMARTS) is 1. The van der Waals surface area contributed by atoms with Crippen molar-refractivity contribution >= 4 is 50.8 Å². The second-order valence-electron chi connectivity index (χ2n) is 5.75. The molecule has 132 valence electrons. The third kappa shape index (κ3) is 3.38. The minimum Gasteiger partial charge on any atom is -0.486 e. The van der Waals surface area contributed by atoms with Crippen molar-refractivity contribution in [1.82, 2.24) is 4.98 Å². The summed E-state index contributed by atoms with van der Waals surface area (Å²) in [7, 11) is 0. The highest BCUT2D eigenvalue weighted by molar-refractivity contribution is 7.19. The number of benzene rings is 2. The molecule has 3 aromatic rings. The van der Waals surface area contributed by atoms with Gasteiger partial charge in [-0.2, -0.15) is 0 Å². The lowest BCUT2D eigenvalue weighted by Gasteiger charge is -2.19. The number of carboxylic acids is 1. The topological polar surface area (TPSA) is 68.7 Å². The van der Waals surface area contributed by atoms with E-state index in [1.165, 1.54) is 11.3 Å². The number of nitrogens with zero attached hydrogens (tertiary/aromatic N) is 1. The first-order valence-corrected chi connectivity index (χ1v) is 9.17. The van der Waals surface area contributed by atoms with Crippen LogP contribution in [-0.4, -0.2) is 29.3 Å². The minimum absolute atomic E-state index is 0.133. The zero-order chi connectivity index (χ0) is 18.1. The van der Waals surface area contributed by atoms with Crippen molar-refractivity contribution in [3.63, 3.8) is 0 Å². The predicted octanol–water partition coefficient (Wildman–Crippen LogP) is 4.74. The Labute approximate surface area is 158 Å². The fourth-order valence-corrected chi connectivity index (χ4v) is 4.03. The lowest BCUT2D eigenvalue weighted by molar-refractivity contribution is -0.135. The van der Waals surface area contributed by atoms with Crippen LogP contribution in [0.25, 0.3) is 21.9 Å². The average molecular weight is 388 g/mol. The summed E-state index contributed by atoms with van der Waals surface area (Å²) >= 11 is 7.75. The quantitative estimate of drug-likeness (QED) is 0.700. The molecule has 0 spiro atoms. The standard InChI is InChI=1S/C19H14ClNO4S/c20-13-8-11(9-15-18(13)25-6-5-24-15)7-12(10-17(22)23)19-21-14-3-1-2-4-16(14)26-19/h1-4,7-9H,5-6,10H2,(H,22,23)/b12-7-. The SMILES string of the molecule is O=C(O)C/C(=C/c1cc(Cl)c2c(c1)OCCO2)c1nc2ccccc2s1. The van der Waals surface area contributed by atoms with Crippen LogP contribution in [0.15, 0.2) is 36.4 Å². The Bertz CT molecular complexity index is 995. The third-order valence-electron chi connectivity index (χ3n) is 3.87. The van der Waals surface area contributed by atoms with Gasteiger partial charge in [0.25, 0.3) is 0 Å². The van der Waals surface area contributed by atoms with Crippen LogP contribution >= 0.6 is 22.9 Å². The normalized spacial score (nSPS) is 13.8. The van der Waals surface area contributed by atoms with Gasteiger partial charge in [-0.05, 0) is 41.5 Å². The predicted molar refractivity (Wildman–Crippen MR) is 102 cm³/mol. The van der Waals surface area contributed by atoms with Gasteiger partial charge < -0.3 is 14.6 Å². The summed E-state index contributed by atoms with van der Waals surface area (Å²) in [5.41, 5.74) is 2.21. The van der Waals surface area contributed by atoms with Crippen LogP contribution < -0.4 is 9.47 Å². The largest absolute Gasteiger partial charge is 0.486 e. The maximum Gasteiger partial charge on any atom is 0.307 e. The van der Waals surface area contributed by atoms with Gasteiger partial charge in [-0.1, -0.05) is 23.7 Å². The van der Waals surface area contributed by atoms with E-state index >= 15 is 0 Å². The summed E-state index contributed by atoms with van der Waals surface area (Å²) in [4.78, 5) is 15.9. The van der Waals surface area contributed by atoms with Gasteiger partial charge >= 0.3 is 5.97 Å². The maximum absolute atomic E-state index is 11.4. The first-order chi connectivity index (χ1) is 12.6. The molecule has 7 heteroatoms. The molecule has 1 N–H and O–H groups in total. The number of hydrogen-bond acceptors (Lipinski definition) is 5. The van der Waals surface area contributed by atoms with Gasteiger partial charge in [-0.3, -0.25) is 4.79 Å². The van der Waals surface area contributed by atoms with E-state index in [0.29, 0.717) is 40.3 Å². The number of ether oxygens (including phenoxy) is 2. The van der Waals surface area contributed by atoms with Gasteiger partial charge in [0.2, 0.25) is 0 Å². The highest BCUT2D eigenvalue weighted by atomic mass is 35.5. The smallest absolute Gasteiger partial charge is 0.307 e. The van der Waals surface area contributed by atoms with Crippen molar-refractivity contribution in [2.24, 2.45) is 0 Å². The highest BCUT2D eigenvalue weighted by Gasteiger charge is 2.18. The van der Waals surface area contributed by atoms with Crippen LogP contribution in [-0.2, 0) is 4.79 Å². The zero-order valence-corrected chi connectivity index (χ0v) is 15.1. The fraction of sp³-hybridized carbons (Fsp3) is 0.158. The van der Waals surface area contributed by atoms with Gasteiger partial charge in [0.15, 0.2) is 11.5 Å². The first-order valence-electron chi connectivity index (χ1n) is 7.97. The molecule has 1 aromatic heterocycles. The molecule has 1 aliphatic rings. The summed E-state index contributed by atoms with van der Waals surface area (Å²) in [5, 5.41) is 10.4. The van der Waals surface area contributed by atoms with Gasteiger partial charge in [-0.15, -0.1) is 11.3 Å². The molecule has 2 aromatic carbocycles. The van der Waals surface area contributed by atoms with Crippen LogP contribution in [0.1, 0.15) is 17.0 Å². The molecule has 2 heterocycles. The molecule has 0 atom stereocenters. The summed E-state index contributed by atoms with van der Waals surface area (Å²) in [6.45, 7) is 0.911. The molecule has 1 aliphatic heterocycles. The number of rotatable bonds is 4. The van der Waals surface area contributed by atoms with E-state index in [1.807, 2.05) is 24.3 Å². The highest BCUT2D eigenvalue weighted by Crippen LogP contribution is 2.39. The molecule has 0 aliphatic carbocycles. The van der Waals surface area contributed by atoms with E-state index in [-0.39, 0.29) is 6.42 Å². The molecule has 4 rings (SSSR count). The van der Waals surface area contributed by atoms with Crippen LogP contribution in [0, 0.1) is 0 Å². The molecular formula is C19H14ClNO4S. The summed E-state index contributed by atoms with van der Waals surface area (Å²) in [5.74, 6) is 0.169. The number of aliphatic carboxylic acids is 1. The van der Waals surface area contributed by atoms with Crippen LogP contribution in [0.5, 0.6) is 11.5 Å². The van der Waals surface area contributed by atoms with E-state index in [4.69, 9.17) is 21.1 Å². The third-order valence-corrected chi connectivity index (χ3v) is 5.26. The summed E-state index contributed by atoms with van der Waals surface area (Å²) in [6.07, 6.45) is 1.65. The van der Waals surface area contributed by atoms with Crippen molar-refractivity contribution in [2.75, 3.05) is 13.2 Å². The van der Waals surface area contributed by atoms with Gasteiger partial charge in [0.05, 0.1) is 21.7 Å². The average Bonchev–Trinajstić information content (AvgIpc) is 3.05. The zero-order valence-electron chi connectivity index (χ0n) is 13.6. The van der Waals surface area contributed by atoms with Crippen molar-refractivity contribution in [2.45, 2.75) is 6.42 Å². The number of para-hydroxylation sites is 1. The molecule has 0 saturated heterocycles. The van der Waals surface area contributed by atoms with E-state index < -0.39 is 5.97 Å². The molecule has 26 heavy (non-hydrogen) atoms. The Morgan fingerprint density at radius 3 is 2.88 bits per heavy atom. The molecule has 0 fully saturated rings. The molecule has 0 amide bonds. The fourth-order valence-electron chi connectivity index (χ4n) is 2.78. The first kappa shape index (κ1) is 16.9. The van der Waals surface area contributed by atoms with Crippen molar-refractivity contribution in [3.8, 4) is 11.5 Å². The molecule has 0 saturated carbocycles. The van der Waals surface area contributed by atoms with E-state index in [9.17, 15) is 9.90 Å². The van der Waals surface area contributed by atoms with E-state index in [0.717, 1.165) is 15.8 Å². The number of halogens is 1. The monoisotopic (exact) mass is 387 g/mol. The molecule has 0 bridgehead atoms. The Morgan fingerprint density at radius 1 is 1.27 bits per heavy atom. The Kier molecular flexibility index (Phi) is 4.53. The van der Waals surface area contributed by atoms with E-state index in [2.05, 4.69) is 4.98 Å². The molecule has 0 unspecified atom stereocenters. The summed E-state index contributed by atoms with van der Waals surface area (Å²) < 4.78 is 12.1. The minimum atomic E-state index is -0.917. The molecule has 0 radical (unpaired) electrons. The molecule has 5 nitrogen and oxygen atoms in total. The van der Waals surface area contributed by atoms with Crippen LogP contribution in [0.3, 0.4) is 0 Å². The number of fused-ring (bicyclic) bond motifs is 2. The number of thiazole rings is 1. The number of aromatic nitrogens is 1. The van der Waals surface area contributed by atoms with E-state index in [1.54, 1.807) is 18.2 Å². The Balaban J connectivity index is 1.79. The van der Waals surface area contributed by atoms with Crippen molar-refractivity contribution < 1.29 is 19.4 Å². The summed E-state index contributed by atoms with van der Waals surface area (Å²) in [6, 6.07) is 11.3. The Hall–Kier alpha value is -2.57. The second kappa shape index (κ2) is 6.97. The van der Waals surface area contributed by atoms with Gasteiger partial charge in [0, 0.05) is 0 Å². The molecular weight excluding hydrogens is 374 g/mol.